The van der Waals surface area contributed by atoms with Gasteiger partial charge in [-0.2, -0.15) is 0 Å². The number of carbonyl (C=O) groups excluding carboxylic acids is 3. The molecule has 2 heterocycles. The lowest BCUT2D eigenvalue weighted by Gasteiger charge is -2.22. The molecule has 8 heteroatoms. The van der Waals surface area contributed by atoms with E-state index in [1.165, 1.54) is 37.5 Å². The molecule has 2 atom stereocenters. The van der Waals surface area contributed by atoms with Crippen LogP contribution in [-0.2, 0) is 15.1 Å². The van der Waals surface area contributed by atoms with Gasteiger partial charge in [0.05, 0.1) is 12.3 Å². The molecule has 136 valence electrons. The molecule has 2 N–H and O–H groups in total. The molecule has 26 heavy (non-hydrogen) atoms. The van der Waals surface area contributed by atoms with Gasteiger partial charge in [0.15, 0.2) is 0 Å². The van der Waals surface area contributed by atoms with E-state index in [0.717, 1.165) is 4.90 Å². The summed E-state index contributed by atoms with van der Waals surface area (Å²) in [6, 6.07) is 7.60. The second-order valence-electron chi connectivity index (χ2n) is 6.26. The van der Waals surface area contributed by atoms with Crippen molar-refractivity contribution >= 4 is 17.8 Å². The average Bonchev–Trinajstić information content (AvgIpc) is 3.20. The van der Waals surface area contributed by atoms with Crippen LogP contribution in [0.3, 0.4) is 0 Å². The summed E-state index contributed by atoms with van der Waals surface area (Å²) >= 11 is 0. The molecule has 4 amide bonds. The molecule has 2 aromatic rings. The van der Waals surface area contributed by atoms with Crippen LogP contribution in [0, 0.1) is 5.82 Å². The van der Waals surface area contributed by atoms with E-state index in [2.05, 4.69) is 10.6 Å². The monoisotopic (exact) mass is 359 g/mol. The maximum atomic E-state index is 13.1. The third-order valence-corrected chi connectivity index (χ3v) is 4.35. The van der Waals surface area contributed by atoms with E-state index in [9.17, 15) is 18.8 Å². The number of imide groups is 1. The molecule has 1 aliphatic heterocycles. The van der Waals surface area contributed by atoms with Crippen LogP contribution in [0.1, 0.15) is 31.2 Å². The molecule has 0 saturated carbocycles. The zero-order valence-electron chi connectivity index (χ0n) is 14.3. The van der Waals surface area contributed by atoms with Crippen molar-refractivity contribution in [2.45, 2.75) is 25.4 Å². The van der Waals surface area contributed by atoms with Crippen LogP contribution in [0.15, 0.2) is 47.1 Å². The normalized spacial score (nSPS) is 20.8. The van der Waals surface area contributed by atoms with E-state index >= 15 is 0 Å². The second-order valence-corrected chi connectivity index (χ2v) is 6.26. The number of nitrogens with one attached hydrogen (secondary N) is 2. The van der Waals surface area contributed by atoms with Crippen LogP contribution < -0.4 is 10.6 Å². The third kappa shape index (κ3) is 3.17. The van der Waals surface area contributed by atoms with E-state index in [0.29, 0.717) is 11.3 Å². The number of carbonyl (C=O) groups is 3. The highest BCUT2D eigenvalue weighted by Crippen LogP contribution is 2.28. The fourth-order valence-electron chi connectivity index (χ4n) is 2.86. The van der Waals surface area contributed by atoms with Crippen molar-refractivity contribution in [2.24, 2.45) is 0 Å². The lowest BCUT2D eigenvalue weighted by molar-refractivity contribution is -0.135. The van der Waals surface area contributed by atoms with Gasteiger partial charge in [0, 0.05) is 0 Å². The Bertz CT molecular complexity index is 835. The van der Waals surface area contributed by atoms with Crippen LogP contribution in [0.25, 0.3) is 0 Å². The number of amides is 4. The Morgan fingerprint density at radius 1 is 1.31 bits per heavy atom. The Morgan fingerprint density at radius 2 is 2.00 bits per heavy atom. The molecule has 1 fully saturated rings. The largest absolute Gasteiger partial charge is 0.467 e. The quantitative estimate of drug-likeness (QED) is 0.800. The van der Waals surface area contributed by atoms with Gasteiger partial charge in [-0.25, -0.2) is 9.18 Å². The van der Waals surface area contributed by atoms with Crippen LogP contribution in [0.2, 0.25) is 0 Å². The predicted octanol–water partition coefficient (Wildman–Crippen LogP) is 2.06. The average molecular weight is 359 g/mol. The van der Waals surface area contributed by atoms with Crippen LogP contribution in [-0.4, -0.2) is 29.3 Å². The summed E-state index contributed by atoms with van der Waals surface area (Å²) < 4.78 is 18.3. The van der Waals surface area contributed by atoms with Gasteiger partial charge in [0.25, 0.3) is 5.91 Å². The van der Waals surface area contributed by atoms with Crippen molar-refractivity contribution in [1.29, 1.82) is 0 Å². The van der Waals surface area contributed by atoms with Crippen LogP contribution >= 0.6 is 0 Å². The van der Waals surface area contributed by atoms with Crippen molar-refractivity contribution in [2.75, 3.05) is 6.54 Å². The number of nitrogens with zero attached hydrogens (tertiary/aromatic N) is 1. The summed E-state index contributed by atoms with van der Waals surface area (Å²) in [5.74, 6) is -0.959. The smallest absolute Gasteiger partial charge is 0.325 e. The summed E-state index contributed by atoms with van der Waals surface area (Å²) in [5, 5.41) is 5.24. The first-order chi connectivity index (χ1) is 12.3. The number of rotatable bonds is 5. The van der Waals surface area contributed by atoms with Gasteiger partial charge in [0.2, 0.25) is 5.91 Å². The maximum Gasteiger partial charge on any atom is 0.325 e. The summed E-state index contributed by atoms with van der Waals surface area (Å²) in [6.07, 6.45) is 1.49. The minimum absolute atomic E-state index is 0.401. The van der Waals surface area contributed by atoms with Crippen molar-refractivity contribution < 1.29 is 23.2 Å². The molecule has 1 aliphatic rings. The molecule has 0 radical (unpaired) electrons. The van der Waals surface area contributed by atoms with Crippen molar-refractivity contribution in [3.05, 3.63) is 59.8 Å². The van der Waals surface area contributed by atoms with E-state index in [-0.39, 0.29) is 0 Å². The van der Waals surface area contributed by atoms with Gasteiger partial charge in [-0.05, 0) is 43.7 Å². The molecule has 1 aromatic carbocycles. The SMILES string of the molecule is C[C@@H](NC(=O)CN1C(=O)N[C@](C)(c2ccc(F)cc2)C1=O)c1ccco1. The first-order valence-electron chi connectivity index (χ1n) is 8.04. The first-order valence-corrected chi connectivity index (χ1v) is 8.04. The highest BCUT2D eigenvalue weighted by molar-refractivity contribution is 6.09. The van der Waals surface area contributed by atoms with Crippen molar-refractivity contribution in [3.63, 3.8) is 0 Å². The lowest BCUT2D eigenvalue weighted by atomic mass is 9.92. The minimum atomic E-state index is -1.35. The molecule has 7 nitrogen and oxygen atoms in total. The molecular weight excluding hydrogens is 341 g/mol. The number of hydrogen-bond donors (Lipinski definition) is 2. The Hall–Kier alpha value is -3.16. The lowest BCUT2D eigenvalue weighted by Crippen LogP contribution is -2.43. The van der Waals surface area contributed by atoms with Gasteiger partial charge in [-0.15, -0.1) is 0 Å². The maximum absolute atomic E-state index is 13.1. The van der Waals surface area contributed by atoms with E-state index in [1.807, 2.05) is 0 Å². The second kappa shape index (κ2) is 6.62. The standard InChI is InChI=1S/C18H18FN3O4/c1-11(14-4-3-9-26-14)20-15(23)10-22-16(24)18(2,21-17(22)25)12-5-7-13(19)8-6-12/h3-9,11H,10H2,1-2H3,(H,20,23)(H,21,25)/t11-,18-/m1/s1. The molecule has 3 rings (SSSR count). The highest BCUT2D eigenvalue weighted by atomic mass is 19.1. The molecule has 0 aliphatic carbocycles. The van der Waals surface area contributed by atoms with Gasteiger partial charge in [0.1, 0.15) is 23.7 Å². The van der Waals surface area contributed by atoms with Gasteiger partial charge in [-0.3, -0.25) is 14.5 Å². The van der Waals surface area contributed by atoms with E-state index < -0.39 is 41.8 Å². The molecular formula is C18H18FN3O4. The molecule has 0 bridgehead atoms. The van der Waals surface area contributed by atoms with Crippen LogP contribution in [0.5, 0.6) is 0 Å². The number of hydrogen-bond acceptors (Lipinski definition) is 4. The third-order valence-electron chi connectivity index (χ3n) is 4.35. The van der Waals surface area contributed by atoms with Gasteiger partial charge >= 0.3 is 6.03 Å². The summed E-state index contributed by atoms with van der Waals surface area (Å²) in [7, 11) is 0. The Kier molecular flexibility index (Phi) is 4.50. The van der Waals surface area contributed by atoms with Crippen molar-refractivity contribution in [3.8, 4) is 0 Å². The Morgan fingerprint density at radius 3 is 2.62 bits per heavy atom. The number of halogens is 1. The van der Waals surface area contributed by atoms with E-state index in [1.54, 1.807) is 19.1 Å². The molecule has 0 unspecified atom stereocenters. The van der Waals surface area contributed by atoms with Crippen LogP contribution in [0.4, 0.5) is 9.18 Å². The number of urea groups is 1. The zero-order chi connectivity index (χ0) is 18.9. The first kappa shape index (κ1) is 17.7. The van der Waals surface area contributed by atoms with E-state index in [4.69, 9.17) is 4.42 Å². The van der Waals surface area contributed by atoms with Gasteiger partial charge < -0.3 is 15.1 Å². The number of furan rings is 1. The summed E-state index contributed by atoms with van der Waals surface area (Å²) in [4.78, 5) is 38.0. The molecule has 1 saturated heterocycles. The summed E-state index contributed by atoms with van der Waals surface area (Å²) in [5.41, 5.74) is -0.915. The zero-order valence-corrected chi connectivity index (χ0v) is 14.3. The molecule has 0 spiro atoms. The van der Waals surface area contributed by atoms with Crippen molar-refractivity contribution in [1.82, 2.24) is 15.5 Å². The minimum Gasteiger partial charge on any atom is -0.467 e. The number of benzene rings is 1. The Balaban J connectivity index is 1.71. The predicted molar refractivity (Wildman–Crippen MR) is 89.3 cm³/mol. The summed E-state index contributed by atoms with van der Waals surface area (Å²) in [6.45, 7) is 2.82. The highest BCUT2D eigenvalue weighted by Gasteiger charge is 2.49. The Labute approximate surface area is 149 Å². The fourth-order valence-corrected chi connectivity index (χ4v) is 2.86. The topological polar surface area (TPSA) is 91.7 Å². The van der Waals surface area contributed by atoms with Gasteiger partial charge in [-0.1, -0.05) is 12.1 Å². The molecule has 1 aromatic heterocycles. The fraction of sp³-hybridized carbons (Fsp3) is 0.278.